The maximum atomic E-state index is 7.15. The molecule has 2 atom stereocenters. The van der Waals surface area contributed by atoms with E-state index in [0.717, 1.165) is 26.0 Å². The summed E-state index contributed by atoms with van der Waals surface area (Å²) < 4.78 is 7.15. The normalized spacial score (nSPS) is 22.6. The van der Waals surface area contributed by atoms with Crippen LogP contribution < -0.4 is 10.4 Å². The minimum atomic E-state index is -2.46. The molecule has 3 aromatic rings. The first kappa shape index (κ1) is 26.4. The van der Waals surface area contributed by atoms with Crippen LogP contribution in [0.25, 0.3) is 0 Å². The Balaban J connectivity index is 1.28. The van der Waals surface area contributed by atoms with Gasteiger partial charge in [-0.25, -0.2) is 0 Å². The monoisotopic (exact) mass is 513 g/mol. The lowest BCUT2D eigenvalue weighted by Crippen LogP contribution is -2.66. The molecule has 2 saturated heterocycles. The average molecular weight is 514 g/mol. The molecular formula is C33H43NO2Si. The molecule has 2 fully saturated rings. The fraction of sp³-hybridized carbons (Fsp3) is 0.455. The average Bonchev–Trinajstić information content (AvgIpc) is 3.31. The lowest BCUT2D eigenvalue weighted by molar-refractivity contribution is -0.202. The van der Waals surface area contributed by atoms with Crippen LogP contribution in [0.5, 0.6) is 0 Å². The fourth-order valence-corrected chi connectivity index (χ4v) is 11.3. The predicted octanol–water partition coefficient (Wildman–Crippen LogP) is 7.03. The Bertz CT molecular complexity index is 1080. The first-order valence-electron chi connectivity index (χ1n) is 14.2. The van der Waals surface area contributed by atoms with Gasteiger partial charge in [-0.1, -0.05) is 118 Å². The molecule has 0 radical (unpaired) electrons. The second-order valence-electron chi connectivity index (χ2n) is 12.0. The third kappa shape index (κ3) is 5.35. The topological polar surface area (TPSA) is 21.7 Å². The lowest BCUT2D eigenvalue weighted by atomic mass is 9.80. The van der Waals surface area contributed by atoms with Crippen LogP contribution in [-0.4, -0.2) is 32.1 Å². The Morgan fingerprint density at radius 3 is 2.03 bits per heavy atom. The molecule has 0 amide bonds. The van der Waals surface area contributed by atoms with Gasteiger partial charge in [-0.3, -0.25) is 4.84 Å². The Hall–Kier alpha value is -2.24. The summed E-state index contributed by atoms with van der Waals surface area (Å²) >= 11 is 0. The minimum absolute atomic E-state index is 0.0246. The van der Waals surface area contributed by atoms with Crippen molar-refractivity contribution in [1.82, 2.24) is 5.06 Å². The Morgan fingerprint density at radius 1 is 0.838 bits per heavy atom. The summed E-state index contributed by atoms with van der Waals surface area (Å²) in [5, 5.41) is 5.11. The summed E-state index contributed by atoms with van der Waals surface area (Å²) in [5.74, 6) is 0. The molecule has 37 heavy (non-hydrogen) atoms. The highest BCUT2D eigenvalue weighted by molar-refractivity contribution is 6.99. The maximum Gasteiger partial charge on any atom is 0.261 e. The molecule has 3 nitrogen and oxygen atoms in total. The molecule has 2 aliphatic rings. The molecule has 2 aliphatic heterocycles. The van der Waals surface area contributed by atoms with E-state index in [1.54, 1.807) is 0 Å². The first-order chi connectivity index (χ1) is 17.9. The van der Waals surface area contributed by atoms with Crippen LogP contribution >= 0.6 is 0 Å². The summed E-state index contributed by atoms with van der Waals surface area (Å²) in [4.78, 5) is 6.54. The molecule has 4 heteroatoms. The molecule has 0 spiro atoms. The second-order valence-corrected chi connectivity index (χ2v) is 16.3. The van der Waals surface area contributed by atoms with Crippen LogP contribution in [0.1, 0.15) is 77.4 Å². The van der Waals surface area contributed by atoms with Gasteiger partial charge in [0.25, 0.3) is 8.32 Å². The highest BCUT2D eigenvalue weighted by atomic mass is 28.4. The van der Waals surface area contributed by atoms with Gasteiger partial charge < -0.3 is 4.43 Å². The molecule has 0 unspecified atom stereocenters. The van der Waals surface area contributed by atoms with Crippen molar-refractivity contribution in [2.45, 2.75) is 82.4 Å². The molecule has 0 saturated carbocycles. The van der Waals surface area contributed by atoms with Crippen molar-refractivity contribution in [2.24, 2.45) is 0 Å². The SMILES string of the molecule is CC(C)(C)[Si](OCCCC[C@@]12CCCCN1O[C@@H](c1ccccc1)C2)(c1ccccc1)c1ccccc1. The van der Waals surface area contributed by atoms with Crippen molar-refractivity contribution in [1.29, 1.82) is 0 Å². The molecule has 0 N–H and O–H groups in total. The molecule has 2 heterocycles. The molecule has 3 aromatic carbocycles. The number of hydroxylamine groups is 2. The third-order valence-corrected chi connectivity index (χ3v) is 13.6. The van der Waals surface area contributed by atoms with Crippen LogP contribution in [-0.2, 0) is 9.26 Å². The van der Waals surface area contributed by atoms with E-state index in [1.165, 1.54) is 48.0 Å². The van der Waals surface area contributed by atoms with Gasteiger partial charge in [-0.2, -0.15) is 5.06 Å². The Morgan fingerprint density at radius 2 is 1.43 bits per heavy atom. The van der Waals surface area contributed by atoms with Crippen molar-refractivity contribution in [3.05, 3.63) is 96.6 Å². The molecule has 0 aliphatic carbocycles. The number of piperidine rings is 1. The summed E-state index contributed by atoms with van der Waals surface area (Å²) in [6, 6.07) is 32.8. The zero-order valence-electron chi connectivity index (χ0n) is 22.9. The minimum Gasteiger partial charge on any atom is -0.407 e. The van der Waals surface area contributed by atoms with Crippen molar-refractivity contribution >= 4 is 18.7 Å². The molecule has 196 valence electrons. The molecule has 0 bridgehead atoms. The van der Waals surface area contributed by atoms with E-state index in [2.05, 4.69) is 117 Å². The lowest BCUT2D eigenvalue weighted by Gasteiger charge is -2.43. The summed E-state index contributed by atoms with van der Waals surface area (Å²) in [7, 11) is -2.46. The number of hydrogen-bond acceptors (Lipinski definition) is 3. The molecular weight excluding hydrogens is 470 g/mol. The number of hydrogen-bond donors (Lipinski definition) is 0. The summed E-state index contributed by atoms with van der Waals surface area (Å²) in [6.45, 7) is 8.93. The van der Waals surface area contributed by atoms with Gasteiger partial charge in [0.05, 0.1) is 0 Å². The van der Waals surface area contributed by atoms with E-state index >= 15 is 0 Å². The van der Waals surface area contributed by atoms with Gasteiger partial charge in [-0.15, -0.1) is 0 Å². The van der Waals surface area contributed by atoms with Crippen LogP contribution in [0.15, 0.2) is 91.0 Å². The van der Waals surface area contributed by atoms with Gasteiger partial charge >= 0.3 is 0 Å². The van der Waals surface area contributed by atoms with Gasteiger partial charge in [0.1, 0.15) is 6.10 Å². The zero-order chi connectivity index (χ0) is 25.8. The zero-order valence-corrected chi connectivity index (χ0v) is 23.9. The maximum absolute atomic E-state index is 7.15. The highest BCUT2D eigenvalue weighted by Gasteiger charge is 2.50. The third-order valence-electron chi connectivity index (χ3n) is 8.55. The number of nitrogens with zero attached hydrogens (tertiary/aromatic N) is 1. The van der Waals surface area contributed by atoms with Crippen LogP contribution in [0.2, 0.25) is 5.04 Å². The number of fused-ring (bicyclic) bond motifs is 1. The molecule has 0 aromatic heterocycles. The van der Waals surface area contributed by atoms with Gasteiger partial charge in [0.15, 0.2) is 0 Å². The van der Waals surface area contributed by atoms with Crippen molar-refractivity contribution in [3.8, 4) is 0 Å². The van der Waals surface area contributed by atoms with Crippen LogP contribution in [0, 0.1) is 0 Å². The number of rotatable bonds is 9. The largest absolute Gasteiger partial charge is 0.407 e. The number of unbranched alkanes of at least 4 members (excludes halogenated alkanes) is 1. The van der Waals surface area contributed by atoms with Crippen molar-refractivity contribution in [3.63, 3.8) is 0 Å². The van der Waals surface area contributed by atoms with Gasteiger partial charge in [-0.05, 0) is 53.1 Å². The standard InChI is InChI=1S/C33H43NO2Si/c1-32(2,3)37(29-19-9-5-10-20-29,30-21-11-6-12-22-30)35-26-16-14-24-33-23-13-15-25-34(33)36-31(27-33)28-17-7-4-8-18-28/h4-12,17-22,31H,13-16,23-27H2,1-3H3/t31-,33-/m1/s1. The first-order valence-corrected chi connectivity index (χ1v) is 16.1. The number of benzene rings is 3. The fourth-order valence-electron chi connectivity index (χ4n) is 6.72. The van der Waals surface area contributed by atoms with E-state index in [9.17, 15) is 0 Å². The van der Waals surface area contributed by atoms with Crippen LogP contribution in [0.4, 0.5) is 0 Å². The van der Waals surface area contributed by atoms with E-state index < -0.39 is 8.32 Å². The van der Waals surface area contributed by atoms with E-state index in [-0.39, 0.29) is 16.7 Å². The van der Waals surface area contributed by atoms with Crippen LogP contribution in [0.3, 0.4) is 0 Å². The smallest absolute Gasteiger partial charge is 0.261 e. The summed E-state index contributed by atoms with van der Waals surface area (Å²) in [5.41, 5.74) is 1.49. The van der Waals surface area contributed by atoms with Gasteiger partial charge in [0.2, 0.25) is 0 Å². The van der Waals surface area contributed by atoms with Gasteiger partial charge in [0, 0.05) is 25.1 Å². The quantitative estimate of drug-likeness (QED) is 0.226. The van der Waals surface area contributed by atoms with Crippen molar-refractivity contribution < 1.29 is 9.26 Å². The van der Waals surface area contributed by atoms with E-state index in [1.807, 2.05) is 0 Å². The second kappa shape index (κ2) is 11.2. The van der Waals surface area contributed by atoms with E-state index in [4.69, 9.17) is 9.26 Å². The summed E-state index contributed by atoms with van der Waals surface area (Å²) in [6.07, 6.45) is 8.50. The predicted molar refractivity (Wildman–Crippen MR) is 156 cm³/mol. The Kier molecular flexibility index (Phi) is 8.01. The highest BCUT2D eigenvalue weighted by Crippen LogP contribution is 2.48. The molecule has 5 rings (SSSR count). The Labute approximate surface area is 224 Å². The van der Waals surface area contributed by atoms with E-state index in [0.29, 0.717) is 0 Å². The van der Waals surface area contributed by atoms with Crippen molar-refractivity contribution in [2.75, 3.05) is 13.2 Å².